The lowest BCUT2D eigenvalue weighted by Crippen LogP contribution is -1.99. The Morgan fingerprint density at radius 2 is 1.93 bits per heavy atom. The van der Waals surface area contributed by atoms with Crippen molar-refractivity contribution in [3.05, 3.63) is 45.7 Å². The predicted molar refractivity (Wildman–Crippen MR) is 59.3 cm³/mol. The minimum Gasteiger partial charge on any atom is -0.288 e. The lowest BCUT2D eigenvalue weighted by atomic mass is 10.2. The average molecular weight is 218 g/mol. The summed E-state index contributed by atoms with van der Waals surface area (Å²) in [7, 11) is 0. The predicted octanol–water partition coefficient (Wildman–Crippen LogP) is 2.39. The number of aromatic nitrogens is 2. The summed E-state index contributed by atoms with van der Waals surface area (Å²) in [4.78, 5) is 21.5. The van der Waals surface area contributed by atoms with Crippen molar-refractivity contribution in [2.75, 3.05) is 0 Å². The van der Waals surface area contributed by atoms with Gasteiger partial charge >= 0.3 is 0 Å². The lowest BCUT2D eigenvalue weighted by Gasteiger charge is -1.94. The third-order valence-electron chi connectivity index (χ3n) is 2.21. The molecule has 0 spiro atoms. The largest absolute Gasteiger partial charge is 0.288 e. The van der Waals surface area contributed by atoms with Gasteiger partial charge in [0.25, 0.3) is 0 Å². The molecule has 0 amide bonds. The van der Waals surface area contributed by atoms with Gasteiger partial charge in [-0.3, -0.25) is 4.79 Å². The number of nitrogens with zero attached hydrogens (tertiary/aromatic N) is 2. The van der Waals surface area contributed by atoms with E-state index in [0.717, 1.165) is 10.4 Å². The standard InChI is InChI=1S/C11H10N2OS/c1-7-3-10(15-8(7)2)11(14)9-4-12-6-13-5-9/h3-6H,1-2H3. The first-order chi connectivity index (χ1) is 7.18. The summed E-state index contributed by atoms with van der Waals surface area (Å²) < 4.78 is 0. The van der Waals surface area contributed by atoms with Crippen LogP contribution in [0.1, 0.15) is 25.7 Å². The Hall–Kier alpha value is -1.55. The number of hydrogen-bond acceptors (Lipinski definition) is 4. The Morgan fingerprint density at radius 1 is 1.27 bits per heavy atom. The zero-order valence-corrected chi connectivity index (χ0v) is 9.34. The summed E-state index contributed by atoms with van der Waals surface area (Å²) in [5.74, 6) is -0.00296. The van der Waals surface area contributed by atoms with Crippen LogP contribution in [0.15, 0.2) is 24.8 Å². The number of thiophene rings is 1. The van der Waals surface area contributed by atoms with E-state index >= 15 is 0 Å². The summed E-state index contributed by atoms with van der Waals surface area (Å²) >= 11 is 1.51. The molecule has 0 saturated carbocycles. The van der Waals surface area contributed by atoms with Crippen LogP contribution in [0.4, 0.5) is 0 Å². The van der Waals surface area contributed by atoms with Crippen LogP contribution in [0, 0.1) is 13.8 Å². The molecule has 3 nitrogen and oxygen atoms in total. The number of rotatable bonds is 2. The van der Waals surface area contributed by atoms with E-state index in [1.807, 2.05) is 19.9 Å². The molecule has 76 valence electrons. The quantitative estimate of drug-likeness (QED) is 0.727. The van der Waals surface area contributed by atoms with Crippen LogP contribution in [0.25, 0.3) is 0 Å². The Labute approximate surface area is 91.8 Å². The van der Waals surface area contributed by atoms with Gasteiger partial charge in [0, 0.05) is 17.3 Å². The molecule has 0 aliphatic carbocycles. The normalized spacial score (nSPS) is 10.3. The highest BCUT2D eigenvalue weighted by Crippen LogP contribution is 2.22. The summed E-state index contributed by atoms with van der Waals surface area (Å²) in [5, 5.41) is 0. The second-order valence-electron chi connectivity index (χ2n) is 3.31. The van der Waals surface area contributed by atoms with Gasteiger partial charge in [-0.15, -0.1) is 11.3 Å². The molecule has 0 bridgehead atoms. The van der Waals surface area contributed by atoms with Crippen LogP contribution in [-0.2, 0) is 0 Å². The van der Waals surface area contributed by atoms with Crippen molar-refractivity contribution in [2.24, 2.45) is 0 Å². The van der Waals surface area contributed by atoms with E-state index in [-0.39, 0.29) is 5.78 Å². The molecule has 0 aromatic carbocycles. The summed E-state index contributed by atoms with van der Waals surface area (Å²) in [6, 6.07) is 1.91. The maximum absolute atomic E-state index is 11.9. The third kappa shape index (κ3) is 1.94. The monoisotopic (exact) mass is 218 g/mol. The van der Waals surface area contributed by atoms with E-state index in [2.05, 4.69) is 9.97 Å². The van der Waals surface area contributed by atoms with E-state index in [4.69, 9.17) is 0 Å². The first-order valence-electron chi connectivity index (χ1n) is 4.55. The van der Waals surface area contributed by atoms with Crippen molar-refractivity contribution in [3.8, 4) is 0 Å². The summed E-state index contributed by atoms with van der Waals surface area (Å²) in [6.45, 7) is 4.02. The van der Waals surface area contributed by atoms with Gasteiger partial charge in [-0.05, 0) is 25.5 Å². The van der Waals surface area contributed by atoms with Gasteiger partial charge in [0.05, 0.1) is 10.4 Å². The Morgan fingerprint density at radius 3 is 2.47 bits per heavy atom. The van der Waals surface area contributed by atoms with Crippen LogP contribution in [0.3, 0.4) is 0 Å². The highest BCUT2D eigenvalue weighted by molar-refractivity contribution is 7.14. The fourth-order valence-electron chi connectivity index (χ4n) is 1.24. The van der Waals surface area contributed by atoms with Gasteiger partial charge in [-0.2, -0.15) is 0 Å². The molecule has 0 N–H and O–H groups in total. The van der Waals surface area contributed by atoms with Gasteiger partial charge in [0.2, 0.25) is 5.78 Å². The summed E-state index contributed by atoms with van der Waals surface area (Å²) in [5.41, 5.74) is 1.69. The molecule has 4 heteroatoms. The number of aryl methyl sites for hydroxylation is 2. The van der Waals surface area contributed by atoms with E-state index in [1.165, 1.54) is 22.5 Å². The molecule has 0 saturated heterocycles. The van der Waals surface area contributed by atoms with Gasteiger partial charge < -0.3 is 0 Å². The lowest BCUT2D eigenvalue weighted by molar-refractivity contribution is 0.104. The molecule has 2 aromatic heterocycles. The first kappa shape index (κ1) is 9.98. The highest BCUT2D eigenvalue weighted by Gasteiger charge is 2.12. The van der Waals surface area contributed by atoms with Crippen LogP contribution in [0.2, 0.25) is 0 Å². The number of ketones is 1. The molecule has 0 aliphatic heterocycles. The zero-order valence-electron chi connectivity index (χ0n) is 8.52. The maximum Gasteiger partial charge on any atom is 0.206 e. The van der Waals surface area contributed by atoms with E-state index in [0.29, 0.717) is 5.56 Å². The number of carbonyl (C=O) groups excluding carboxylic acids is 1. The second kappa shape index (κ2) is 3.90. The molecule has 2 aromatic rings. The second-order valence-corrected chi connectivity index (χ2v) is 4.56. The zero-order chi connectivity index (χ0) is 10.8. The Balaban J connectivity index is 2.37. The van der Waals surface area contributed by atoms with Crippen molar-refractivity contribution in [1.82, 2.24) is 9.97 Å². The fraction of sp³-hybridized carbons (Fsp3) is 0.182. The number of carbonyl (C=O) groups is 1. The molecule has 0 unspecified atom stereocenters. The molecule has 0 fully saturated rings. The van der Waals surface area contributed by atoms with Gasteiger partial charge in [-0.25, -0.2) is 9.97 Å². The minimum atomic E-state index is -0.00296. The van der Waals surface area contributed by atoms with Crippen molar-refractivity contribution in [1.29, 1.82) is 0 Å². The average Bonchev–Trinajstić information content (AvgIpc) is 2.59. The SMILES string of the molecule is Cc1cc(C(=O)c2cncnc2)sc1C. The molecular weight excluding hydrogens is 208 g/mol. The molecule has 2 heterocycles. The maximum atomic E-state index is 11.9. The van der Waals surface area contributed by atoms with E-state index < -0.39 is 0 Å². The minimum absolute atomic E-state index is 0.00296. The Bertz CT molecular complexity index is 471. The van der Waals surface area contributed by atoms with Gasteiger partial charge in [0.15, 0.2) is 0 Å². The van der Waals surface area contributed by atoms with Crippen molar-refractivity contribution >= 4 is 17.1 Å². The molecule has 2 rings (SSSR count). The van der Waals surface area contributed by atoms with Crippen LogP contribution >= 0.6 is 11.3 Å². The molecular formula is C11H10N2OS. The topological polar surface area (TPSA) is 42.9 Å². The van der Waals surface area contributed by atoms with E-state index in [1.54, 1.807) is 12.4 Å². The molecule has 15 heavy (non-hydrogen) atoms. The van der Waals surface area contributed by atoms with Crippen LogP contribution in [-0.4, -0.2) is 15.8 Å². The Kier molecular flexibility index (Phi) is 2.60. The number of hydrogen-bond donors (Lipinski definition) is 0. The van der Waals surface area contributed by atoms with Crippen LogP contribution in [0.5, 0.6) is 0 Å². The highest BCUT2D eigenvalue weighted by atomic mass is 32.1. The first-order valence-corrected chi connectivity index (χ1v) is 5.37. The molecule has 0 atom stereocenters. The van der Waals surface area contributed by atoms with E-state index in [9.17, 15) is 4.79 Å². The molecule has 0 radical (unpaired) electrons. The van der Waals surface area contributed by atoms with Crippen LogP contribution < -0.4 is 0 Å². The van der Waals surface area contributed by atoms with Crippen molar-refractivity contribution < 1.29 is 4.79 Å². The summed E-state index contributed by atoms with van der Waals surface area (Å²) in [6.07, 6.45) is 4.50. The third-order valence-corrected chi connectivity index (χ3v) is 3.36. The fourth-order valence-corrected chi connectivity index (χ4v) is 2.24. The molecule has 0 aliphatic rings. The van der Waals surface area contributed by atoms with Crippen molar-refractivity contribution in [3.63, 3.8) is 0 Å². The van der Waals surface area contributed by atoms with Crippen molar-refractivity contribution in [2.45, 2.75) is 13.8 Å². The van der Waals surface area contributed by atoms with Gasteiger partial charge in [-0.1, -0.05) is 0 Å². The smallest absolute Gasteiger partial charge is 0.206 e. The van der Waals surface area contributed by atoms with Gasteiger partial charge in [0.1, 0.15) is 6.33 Å².